The first-order chi connectivity index (χ1) is 9.43. The second-order valence-corrected chi connectivity index (χ2v) is 6.25. The molecule has 2 aromatic rings. The van der Waals surface area contributed by atoms with Gasteiger partial charge in [0.05, 0.1) is 11.3 Å². The number of likely N-dealkylation sites (tertiary alicyclic amines) is 1. The molecule has 1 unspecified atom stereocenters. The molecule has 0 aliphatic carbocycles. The molecule has 0 aromatic carbocycles. The minimum Gasteiger partial charge on any atom is -0.389 e. The van der Waals surface area contributed by atoms with Crippen molar-refractivity contribution < 1.29 is 5.11 Å². The fourth-order valence-electron chi connectivity index (χ4n) is 3.08. The van der Waals surface area contributed by atoms with E-state index in [2.05, 4.69) is 34.1 Å². The minimum atomic E-state index is -0.567. The third-order valence-corrected chi connectivity index (χ3v) is 3.95. The molecule has 0 saturated carbocycles. The molecule has 3 heterocycles. The number of aryl methyl sites for hydroxylation is 2. The smallest absolute Gasteiger partial charge is 0.234 e. The number of rotatable bonds is 2. The van der Waals surface area contributed by atoms with Gasteiger partial charge in [-0.3, -0.25) is 9.30 Å². The summed E-state index contributed by atoms with van der Waals surface area (Å²) < 4.78 is 2.03. The molecule has 1 aliphatic rings. The zero-order valence-corrected chi connectivity index (χ0v) is 12.4. The zero-order valence-electron chi connectivity index (χ0n) is 12.4. The van der Waals surface area contributed by atoms with Crippen LogP contribution in [0.4, 0.5) is 0 Å². The predicted molar refractivity (Wildman–Crippen MR) is 77.6 cm³/mol. The van der Waals surface area contributed by atoms with Gasteiger partial charge in [-0.15, -0.1) is 0 Å². The van der Waals surface area contributed by atoms with Crippen LogP contribution in [0.5, 0.6) is 0 Å². The van der Waals surface area contributed by atoms with Gasteiger partial charge in [-0.1, -0.05) is 0 Å². The van der Waals surface area contributed by atoms with Crippen molar-refractivity contribution in [2.24, 2.45) is 0 Å². The monoisotopic (exact) mass is 274 g/mol. The Balaban J connectivity index is 1.83. The molecule has 0 bridgehead atoms. The molecule has 1 aliphatic heterocycles. The van der Waals surface area contributed by atoms with Crippen LogP contribution in [0.25, 0.3) is 5.78 Å². The summed E-state index contributed by atoms with van der Waals surface area (Å²) in [6, 6.07) is 2.06. The lowest BCUT2D eigenvalue weighted by Crippen LogP contribution is -2.45. The second kappa shape index (κ2) is 4.82. The van der Waals surface area contributed by atoms with Crippen LogP contribution in [-0.4, -0.2) is 43.1 Å². The van der Waals surface area contributed by atoms with E-state index in [0.29, 0.717) is 6.54 Å². The third kappa shape index (κ3) is 2.69. The Kier molecular flexibility index (Phi) is 3.26. The maximum absolute atomic E-state index is 10.2. The lowest BCUT2D eigenvalue weighted by Gasteiger charge is -2.36. The van der Waals surface area contributed by atoms with Gasteiger partial charge in [-0.2, -0.15) is 0 Å². The van der Waals surface area contributed by atoms with Crippen LogP contribution in [0.2, 0.25) is 0 Å². The number of hydrogen-bond acceptors (Lipinski definition) is 4. The van der Waals surface area contributed by atoms with Crippen molar-refractivity contribution in [2.45, 2.75) is 45.8 Å². The van der Waals surface area contributed by atoms with Crippen LogP contribution in [0.3, 0.4) is 0 Å². The molecule has 5 nitrogen and oxygen atoms in total. The molecule has 1 atom stereocenters. The van der Waals surface area contributed by atoms with Gasteiger partial charge in [-0.25, -0.2) is 9.97 Å². The lowest BCUT2D eigenvalue weighted by atomic mass is 9.95. The number of hydrogen-bond donors (Lipinski definition) is 1. The van der Waals surface area contributed by atoms with Crippen LogP contribution in [0.15, 0.2) is 12.3 Å². The van der Waals surface area contributed by atoms with E-state index in [9.17, 15) is 5.11 Å². The van der Waals surface area contributed by atoms with E-state index in [1.165, 1.54) is 0 Å². The highest BCUT2D eigenvalue weighted by Crippen LogP contribution is 2.21. The van der Waals surface area contributed by atoms with Gasteiger partial charge in [0.25, 0.3) is 0 Å². The number of aromatic nitrogens is 3. The highest BCUT2D eigenvalue weighted by atomic mass is 16.3. The summed E-state index contributed by atoms with van der Waals surface area (Å²) in [5, 5.41) is 10.2. The standard InChI is InChI=1S/C15H22N4O/c1-11-7-12(2)19-9-13(17-14(19)16-11)8-18-6-4-5-15(3,20)10-18/h7,9,20H,4-6,8,10H2,1-3H3. The van der Waals surface area contributed by atoms with Crippen molar-refractivity contribution in [1.29, 1.82) is 0 Å². The summed E-state index contributed by atoms with van der Waals surface area (Å²) in [6.45, 7) is 8.49. The Labute approximate surface area is 119 Å². The molecule has 1 fully saturated rings. The predicted octanol–water partition coefficient (Wildman–Crippen LogP) is 1.69. The van der Waals surface area contributed by atoms with Crippen molar-refractivity contribution in [2.75, 3.05) is 13.1 Å². The van der Waals surface area contributed by atoms with Gasteiger partial charge in [0.2, 0.25) is 5.78 Å². The summed E-state index contributed by atoms with van der Waals surface area (Å²) in [4.78, 5) is 11.3. The van der Waals surface area contributed by atoms with Crippen molar-refractivity contribution in [3.63, 3.8) is 0 Å². The van der Waals surface area contributed by atoms with Gasteiger partial charge >= 0.3 is 0 Å². The molecular weight excluding hydrogens is 252 g/mol. The normalized spacial score (nSPS) is 24.4. The van der Waals surface area contributed by atoms with Crippen LogP contribution < -0.4 is 0 Å². The topological polar surface area (TPSA) is 53.7 Å². The molecule has 5 heteroatoms. The molecular formula is C15H22N4O. The van der Waals surface area contributed by atoms with Crippen LogP contribution in [0.1, 0.15) is 36.8 Å². The Bertz CT molecular complexity index is 632. The minimum absolute atomic E-state index is 0.567. The number of nitrogens with zero attached hydrogens (tertiary/aromatic N) is 4. The van der Waals surface area contributed by atoms with E-state index in [1.54, 1.807) is 0 Å². The summed E-state index contributed by atoms with van der Waals surface area (Å²) >= 11 is 0. The Morgan fingerprint density at radius 1 is 1.35 bits per heavy atom. The van der Waals surface area contributed by atoms with E-state index in [0.717, 1.165) is 48.8 Å². The van der Waals surface area contributed by atoms with E-state index in [1.807, 2.05) is 18.2 Å². The summed E-state index contributed by atoms with van der Waals surface area (Å²) in [5.74, 6) is 0.765. The zero-order chi connectivity index (χ0) is 14.3. The largest absolute Gasteiger partial charge is 0.389 e. The van der Waals surface area contributed by atoms with Gasteiger partial charge in [-0.05, 0) is 46.2 Å². The van der Waals surface area contributed by atoms with Gasteiger partial charge in [0.1, 0.15) is 0 Å². The first-order valence-corrected chi connectivity index (χ1v) is 7.20. The van der Waals surface area contributed by atoms with E-state index >= 15 is 0 Å². The first-order valence-electron chi connectivity index (χ1n) is 7.20. The fourth-order valence-corrected chi connectivity index (χ4v) is 3.08. The summed E-state index contributed by atoms with van der Waals surface area (Å²) in [6.07, 6.45) is 3.98. The lowest BCUT2D eigenvalue weighted by molar-refractivity contribution is -0.0184. The maximum Gasteiger partial charge on any atom is 0.234 e. The molecule has 0 amide bonds. The Morgan fingerprint density at radius 3 is 2.90 bits per heavy atom. The first kappa shape index (κ1) is 13.5. The molecule has 108 valence electrons. The van der Waals surface area contributed by atoms with Crippen LogP contribution in [0, 0.1) is 13.8 Å². The number of β-amino-alcohol motifs (C(OH)–C–C–N with tert-alkyl or cyclic N) is 1. The van der Waals surface area contributed by atoms with Gasteiger partial charge < -0.3 is 5.11 Å². The average molecular weight is 274 g/mol. The number of piperidine rings is 1. The molecule has 1 saturated heterocycles. The SMILES string of the molecule is Cc1cc(C)n2cc(CN3CCCC(C)(O)C3)nc2n1. The van der Waals surface area contributed by atoms with Crippen molar-refractivity contribution in [1.82, 2.24) is 19.3 Å². The van der Waals surface area contributed by atoms with E-state index < -0.39 is 5.60 Å². The van der Waals surface area contributed by atoms with E-state index in [-0.39, 0.29) is 0 Å². The van der Waals surface area contributed by atoms with Gasteiger partial charge in [0.15, 0.2) is 0 Å². The molecule has 2 aromatic heterocycles. The molecule has 0 spiro atoms. The highest BCUT2D eigenvalue weighted by molar-refractivity contribution is 5.34. The maximum atomic E-state index is 10.2. The van der Waals surface area contributed by atoms with Gasteiger partial charge in [0, 0.05) is 30.7 Å². The number of fused-ring (bicyclic) bond motifs is 1. The Hall–Kier alpha value is -1.46. The van der Waals surface area contributed by atoms with Crippen LogP contribution >= 0.6 is 0 Å². The molecule has 0 radical (unpaired) electrons. The molecule has 3 rings (SSSR count). The molecule has 20 heavy (non-hydrogen) atoms. The molecule has 1 N–H and O–H groups in total. The van der Waals surface area contributed by atoms with Crippen molar-refractivity contribution in [3.8, 4) is 0 Å². The van der Waals surface area contributed by atoms with Crippen LogP contribution in [-0.2, 0) is 6.54 Å². The summed E-state index contributed by atoms with van der Waals surface area (Å²) in [5.41, 5.74) is 2.59. The highest BCUT2D eigenvalue weighted by Gasteiger charge is 2.28. The Morgan fingerprint density at radius 2 is 2.15 bits per heavy atom. The number of imidazole rings is 1. The van der Waals surface area contributed by atoms with E-state index in [4.69, 9.17) is 0 Å². The van der Waals surface area contributed by atoms with Crippen molar-refractivity contribution in [3.05, 3.63) is 29.3 Å². The number of aliphatic hydroxyl groups is 1. The van der Waals surface area contributed by atoms with Crippen molar-refractivity contribution >= 4 is 5.78 Å². The quantitative estimate of drug-likeness (QED) is 0.905. The average Bonchev–Trinajstić information content (AvgIpc) is 2.70. The third-order valence-electron chi connectivity index (χ3n) is 3.95. The fraction of sp³-hybridized carbons (Fsp3) is 0.600. The summed E-state index contributed by atoms with van der Waals surface area (Å²) in [7, 11) is 0. The second-order valence-electron chi connectivity index (χ2n) is 6.25.